The van der Waals surface area contributed by atoms with Gasteiger partial charge in [0.15, 0.2) is 0 Å². The standard InChI is InChI=1S/C16H11Cl2F3N2O2/c1-8(14(24)13-12(18)6-9(17)7-22-13)23-15(25)10-4-2-3-5-11(10)16(19,20)21/h2-8H,1H3,(H,23,25). The van der Waals surface area contributed by atoms with Crippen LogP contribution in [0.15, 0.2) is 36.5 Å². The van der Waals surface area contributed by atoms with E-state index in [2.05, 4.69) is 10.3 Å². The van der Waals surface area contributed by atoms with Gasteiger partial charge < -0.3 is 5.32 Å². The number of aromatic nitrogens is 1. The van der Waals surface area contributed by atoms with E-state index in [4.69, 9.17) is 23.2 Å². The average molecular weight is 391 g/mol. The minimum Gasteiger partial charge on any atom is -0.342 e. The molecule has 9 heteroatoms. The number of pyridine rings is 1. The molecule has 0 aliphatic heterocycles. The van der Waals surface area contributed by atoms with Crippen molar-refractivity contribution < 1.29 is 22.8 Å². The first-order chi connectivity index (χ1) is 11.6. The Morgan fingerprint density at radius 1 is 1.20 bits per heavy atom. The van der Waals surface area contributed by atoms with Gasteiger partial charge >= 0.3 is 6.18 Å². The number of halogens is 5. The number of ketones is 1. The monoisotopic (exact) mass is 390 g/mol. The molecule has 0 saturated heterocycles. The van der Waals surface area contributed by atoms with Crippen molar-refractivity contribution >= 4 is 34.9 Å². The van der Waals surface area contributed by atoms with Crippen molar-refractivity contribution in [1.29, 1.82) is 0 Å². The Balaban J connectivity index is 2.22. The van der Waals surface area contributed by atoms with Gasteiger partial charge in [0, 0.05) is 6.20 Å². The minimum absolute atomic E-state index is 0.0192. The van der Waals surface area contributed by atoms with Gasteiger partial charge in [-0.15, -0.1) is 0 Å². The van der Waals surface area contributed by atoms with Gasteiger partial charge in [-0.3, -0.25) is 9.59 Å². The highest BCUT2D eigenvalue weighted by atomic mass is 35.5. The number of hydrogen-bond donors (Lipinski definition) is 1. The summed E-state index contributed by atoms with van der Waals surface area (Å²) in [5, 5.41) is 2.43. The summed E-state index contributed by atoms with van der Waals surface area (Å²) in [5.41, 5.74) is -1.80. The molecular formula is C16H11Cl2F3N2O2. The van der Waals surface area contributed by atoms with E-state index in [0.29, 0.717) is 0 Å². The minimum atomic E-state index is -4.69. The second-order valence-electron chi connectivity index (χ2n) is 5.09. The fourth-order valence-corrected chi connectivity index (χ4v) is 2.54. The summed E-state index contributed by atoms with van der Waals surface area (Å²) < 4.78 is 38.9. The third kappa shape index (κ3) is 4.49. The molecule has 0 aliphatic rings. The van der Waals surface area contributed by atoms with E-state index in [1.165, 1.54) is 31.3 Å². The maximum atomic E-state index is 13.0. The summed E-state index contributed by atoms with van der Waals surface area (Å²) in [4.78, 5) is 28.2. The van der Waals surface area contributed by atoms with Crippen LogP contribution in [0, 0.1) is 0 Å². The highest BCUT2D eigenvalue weighted by Crippen LogP contribution is 2.31. The summed E-state index contributed by atoms with van der Waals surface area (Å²) in [6.07, 6.45) is -3.49. The number of Topliss-reactive ketones (excluding diaryl/α,β-unsaturated/α-hetero) is 1. The Kier molecular flexibility index (Phi) is 5.69. The zero-order valence-electron chi connectivity index (χ0n) is 12.7. The lowest BCUT2D eigenvalue weighted by Crippen LogP contribution is -2.39. The van der Waals surface area contributed by atoms with E-state index < -0.39 is 35.0 Å². The molecule has 25 heavy (non-hydrogen) atoms. The van der Waals surface area contributed by atoms with Crippen molar-refractivity contribution in [2.24, 2.45) is 0 Å². The van der Waals surface area contributed by atoms with Gasteiger partial charge in [-0.1, -0.05) is 35.3 Å². The molecule has 4 nitrogen and oxygen atoms in total. The van der Waals surface area contributed by atoms with Crippen molar-refractivity contribution in [1.82, 2.24) is 10.3 Å². The Morgan fingerprint density at radius 3 is 2.44 bits per heavy atom. The van der Waals surface area contributed by atoms with Gasteiger partial charge in [-0.05, 0) is 25.1 Å². The maximum absolute atomic E-state index is 13.0. The summed E-state index contributed by atoms with van der Waals surface area (Å²) >= 11 is 11.6. The molecular weight excluding hydrogens is 380 g/mol. The predicted molar refractivity (Wildman–Crippen MR) is 87.0 cm³/mol. The van der Waals surface area contributed by atoms with Crippen molar-refractivity contribution in [2.45, 2.75) is 19.1 Å². The number of amides is 1. The molecule has 2 rings (SSSR count). The van der Waals surface area contributed by atoms with E-state index in [0.717, 1.165) is 12.1 Å². The largest absolute Gasteiger partial charge is 0.417 e. The van der Waals surface area contributed by atoms with Crippen molar-refractivity contribution in [2.75, 3.05) is 0 Å². The van der Waals surface area contributed by atoms with E-state index in [9.17, 15) is 22.8 Å². The zero-order valence-corrected chi connectivity index (χ0v) is 14.2. The van der Waals surface area contributed by atoms with Crippen molar-refractivity contribution in [3.8, 4) is 0 Å². The third-order valence-corrected chi connectivity index (χ3v) is 3.75. The first-order valence-electron chi connectivity index (χ1n) is 6.93. The van der Waals surface area contributed by atoms with Gasteiger partial charge in [-0.25, -0.2) is 4.98 Å². The number of carbonyl (C=O) groups is 2. The third-order valence-electron chi connectivity index (χ3n) is 3.26. The number of hydrogen-bond acceptors (Lipinski definition) is 3. The van der Waals surface area contributed by atoms with E-state index >= 15 is 0 Å². The van der Waals surface area contributed by atoms with Crippen molar-refractivity contribution in [3.63, 3.8) is 0 Å². The van der Waals surface area contributed by atoms with Crippen LogP contribution in [0.25, 0.3) is 0 Å². The normalized spacial score (nSPS) is 12.6. The summed E-state index contributed by atoms with van der Waals surface area (Å²) in [7, 11) is 0. The molecule has 1 aromatic carbocycles. The van der Waals surface area contributed by atoms with Crippen LogP contribution in [-0.4, -0.2) is 22.7 Å². The van der Waals surface area contributed by atoms with Gasteiger partial charge in [-0.2, -0.15) is 13.2 Å². The van der Waals surface area contributed by atoms with Gasteiger partial charge in [0.2, 0.25) is 5.78 Å². The molecule has 1 atom stereocenters. The number of nitrogens with one attached hydrogen (secondary N) is 1. The quantitative estimate of drug-likeness (QED) is 0.786. The van der Waals surface area contributed by atoms with Gasteiger partial charge in [0.1, 0.15) is 5.69 Å². The highest BCUT2D eigenvalue weighted by molar-refractivity contribution is 6.36. The summed E-state index contributed by atoms with van der Waals surface area (Å²) in [6.45, 7) is 1.32. The van der Waals surface area contributed by atoms with Crippen LogP contribution in [0.2, 0.25) is 10.0 Å². The first-order valence-corrected chi connectivity index (χ1v) is 7.69. The number of nitrogens with zero attached hydrogens (tertiary/aromatic N) is 1. The fraction of sp³-hybridized carbons (Fsp3) is 0.188. The van der Waals surface area contributed by atoms with Gasteiger partial charge in [0.05, 0.1) is 27.2 Å². The van der Waals surface area contributed by atoms with Gasteiger partial charge in [0.25, 0.3) is 5.91 Å². The zero-order chi connectivity index (χ0) is 18.8. The van der Waals surface area contributed by atoms with E-state index in [-0.39, 0.29) is 15.7 Å². The molecule has 2 aromatic rings. The van der Waals surface area contributed by atoms with Crippen LogP contribution in [0.4, 0.5) is 13.2 Å². The average Bonchev–Trinajstić information content (AvgIpc) is 2.53. The van der Waals surface area contributed by atoms with Crippen LogP contribution >= 0.6 is 23.2 Å². The van der Waals surface area contributed by atoms with E-state index in [1.54, 1.807) is 0 Å². The SMILES string of the molecule is CC(NC(=O)c1ccccc1C(F)(F)F)C(=O)c1ncc(Cl)cc1Cl. The Labute approximate surface area is 151 Å². The fourth-order valence-electron chi connectivity index (χ4n) is 2.07. The van der Waals surface area contributed by atoms with Crippen molar-refractivity contribution in [3.05, 3.63) is 63.4 Å². The topological polar surface area (TPSA) is 59.1 Å². The molecule has 1 unspecified atom stereocenters. The van der Waals surface area contributed by atoms with Crippen LogP contribution < -0.4 is 5.32 Å². The Bertz CT molecular complexity index is 825. The molecule has 1 heterocycles. The van der Waals surface area contributed by atoms with Crippen LogP contribution in [-0.2, 0) is 6.18 Å². The predicted octanol–water partition coefficient (Wildman–Crippen LogP) is 4.41. The molecule has 0 saturated carbocycles. The Morgan fingerprint density at radius 2 is 1.84 bits per heavy atom. The molecule has 132 valence electrons. The van der Waals surface area contributed by atoms with Crippen LogP contribution in [0.1, 0.15) is 33.3 Å². The Hall–Kier alpha value is -2.12. The molecule has 1 amide bonds. The number of rotatable bonds is 4. The first kappa shape index (κ1) is 19.2. The maximum Gasteiger partial charge on any atom is 0.417 e. The highest BCUT2D eigenvalue weighted by Gasteiger charge is 2.35. The molecule has 0 radical (unpaired) electrons. The second-order valence-corrected chi connectivity index (χ2v) is 5.93. The van der Waals surface area contributed by atoms with Crippen LogP contribution in [0.5, 0.6) is 0 Å². The molecule has 1 aromatic heterocycles. The number of benzene rings is 1. The van der Waals surface area contributed by atoms with E-state index in [1.807, 2.05) is 0 Å². The lowest BCUT2D eigenvalue weighted by molar-refractivity contribution is -0.137. The molecule has 1 N–H and O–H groups in total. The number of carbonyl (C=O) groups excluding carboxylic acids is 2. The van der Waals surface area contributed by atoms with Crippen LogP contribution in [0.3, 0.4) is 0 Å². The molecule has 0 aliphatic carbocycles. The lowest BCUT2D eigenvalue weighted by Gasteiger charge is -2.16. The molecule has 0 bridgehead atoms. The summed E-state index contributed by atoms with van der Waals surface area (Å²) in [5.74, 6) is -1.68. The lowest BCUT2D eigenvalue weighted by atomic mass is 10.1. The molecule has 0 fully saturated rings. The number of alkyl halides is 3. The summed E-state index contributed by atoms with van der Waals surface area (Å²) in [6, 6.07) is 4.46. The second kappa shape index (κ2) is 7.41. The smallest absolute Gasteiger partial charge is 0.342 e. The molecule has 0 spiro atoms.